The quantitative estimate of drug-likeness (QED) is 0.269. The van der Waals surface area contributed by atoms with Gasteiger partial charge in [0.15, 0.2) is 0 Å². The van der Waals surface area contributed by atoms with Gasteiger partial charge in [0.05, 0.1) is 0 Å². The lowest BCUT2D eigenvalue weighted by Crippen LogP contribution is -2.18. The van der Waals surface area contributed by atoms with Gasteiger partial charge in [-0.3, -0.25) is 9.80 Å². The van der Waals surface area contributed by atoms with Crippen LogP contribution < -0.4 is 9.80 Å². The van der Waals surface area contributed by atoms with Crippen LogP contribution in [0.1, 0.15) is 0 Å². The van der Waals surface area contributed by atoms with Gasteiger partial charge in [-0.05, 0) is 60.1 Å². The fourth-order valence-electron chi connectivity index (χ4n) is 3.60. The number of hydrogen-bond donors (Lipinski definition) is 0. The van der Waals surface area contributed by atoms with Gasteiger partial charge in [0.1, 0.15) is 0 Å². The number of nitrogens with zero attached hydrogens (tertiary/aromatic N) is 5. The normalized spacial score (nSPS) is 10.6. The Balaban J connectivity index is 1.69. The molecule has 0 N–H and O–H groups in total. The molecule has 160 valence electrons. The van der Waals surface area contributed by atoms with Crippen molar-refractivity contribution in [3.8, 4) is 0 Å². The summed E-state index contributed by atoms with van der Waals surface area (Å²) in [5, 5.41) is 0.115. The zero-order chi connectivity index (χ0) is 22.5. The zero-order valence-corrected chi connectivity index (χ0v) is 18.4. The topological polar surface area (TPSA) is 45.2 Å². The first-order valence-electron chi connectivity index (χ1n) is 10.5. The highest BCUT2D eigenvalue weighted by molar-refractivity contribution is 6.28. The van der Waals surface area contributed by atoms with E-state index in [1.807, 2.05) is 131 Å². The van der Waals surface area contributed by atoms with Gasteiger partial charge in [0.2, 0.25) is 17.2 Å². The summed E-state index contributed by atoms with van der Waals surface area (Å²) in [4.78, 5) is 17.8. The van der Waals surface area contributed by atoms with Crippen molar-refractivity contribution in [2.45, 2.75) is 0 Å². The van der Waals surface area contributed by atoms with Crippen LogP contribution in [0, 0.1) is 0 Å². The average molecular weight is 450 g/mol. The van der Waals surface area contributed by atoms with Gasteiger partial charge in [-0.2, -0.15) is 15.0 Å². The van der Waals surface area contributed by atoms with Crippen molar-refractivity contribution in [2.75, 3.05) is 9.80 Å². The molecule has 1 aromatic heterocycles. The highest BCUT2D eigenvalue weighted by atomic mass is 35.5. The van der Waals surface area contributed by atoms with E-state index in [2.05, 4.69) is 9.97 Å². The van der Waals surface area contributed by atoms with E-state index in [1.165, 1.54) is 0 Å². The summed E-state index contributed by atoms with van der Waals surface area (Å²) >= 11 is 6.47. The fraction of sp³-hybridized carbons (Fsp3) is 0. The molecule has 0 fully saturated rings. The summed E-state index contributed by atoms with van der Waals surface area (Å²) in [7, 11) is 0. The van der Waals surface area contributed by atoms with E-state index in [0.717, 1.165) is 22.7 Å². The highest BCUT2D eigenvalue weighted by Crippen LogP contribution is 2.36. The maximum atomic E-state index is 6.47. The molecule has 0 saturated carbocycles. The number of anilines is 6. The van der Waals surface area contributed by atoms with Crippen molar-refractivity contribution in [1.82, 2.24) is 15.0 Å². The number of para-hydroxylation sites is 4. The summed E-state index contributed by atoms with van der Waals surface area (Å²) < 4.78 is 0. The van der Waals surface area contributed by atoms with Crippen molar-refractivity contribution in [1.29, 1.82) is 0 Å². The first kappa shape index (κ1) is 20.7. The van der Waals surface area contributed by atoms with Gasteiger partial charge in [-0.15, -0.1) is 0 Å². The van der Waals surface area contributed by atoms with Crippen LogP contribution in [0.5, 0.6) is 0 Å². The maximum absolute atomic E-state index is 6.47. The molecule has 0 aliphatic rings. The predicted molar refractivity (Wildman–Crippen MR) is 134 cm³/mol. The second-order valence-electron chi connectivity index (χ2n) is 7.22. The Labute approximate surface area is 197 Å². The van der Waals surface area contributed by atoms with E-state index in [4.69, 9.17) is 16.6 Å². The van der Waals surface area contributed by atoms with Gasteiger partial charge >= 0.3 is 0 Å². The molecular formula is C27H20ClN5. The summed E-state index contributed by atoms with van der Waals surface area (Å²) in [6.45, 7) is 0. The lowest BCUT2D eigenvalue weighted by atomic mass is 10.2. The molecule has 0 aliphatic carbocycles. The van der Waals surface area contributed by atoms with Gasteiger partial charge < -0.3 is 0 Å². The zero-order valence-electron chi connectivity index (χ0n) is 17.7. The lowest BCUT2D eigenvalue weighted by molar-refractivity contribution is 0.982. The molecule has 33 heavy (non-hydrogen) atoms. The minimum absolute atomic E-state index is 0.115. The van der Waals surface area contributed by atoms with E-state index in [1.54, 1.807) is 0 Å². The van der Waals surface area contributed by atoms with Crippen molar-refractivity contribution < 1.29 is 0 Å². The molecule has 0 spiro atoms. The van der Waals surface area contributed by atoms with Gasteiger partial charge in [0, 0.05) is 22.7 Å². The van der Waals surface area contributed by atoms with Crippen molar-refractivity contribution in [2.24, 2.45) is 0 Å². The minimum atomic E-state index is 0.115. The molecule has 0 bridgehead atoms. The van der Waals surface area contributed by atoms with E-state index in [9.17, 15) is 0 Å². The molecule has 5 nitrogen and oxygen atoms in total. The largest absolute Gasteiger partial charge is 0.279 e. The second-order valence-corrected chi connectivity index (χ2v) is 7.56. The third-order valence-corrected chi connectivity index (χ3v) is 5.21. The van der Waals surface area contributed by atoms with Crippen LogP contribution in [0.15, 0.2) is 121 Å². The lowest BCUT2D eigenvalue weighted by Gasteiger charge is -2.26. The third kappa shape index (κ3) is 4.54. The molecule has 5 aromatic rings. The summed E-state index contributed by atoms with van der Waals surface area (Å²) in [5.74, 6) is 0.860. The average Bonchev–Trinajstić information content (AvgIpc) is 2.87. The molecule has 6 heteroatoms. The standard InChI is InChI=1S/C27H20ClN5/c28-25-29-26(32(21-13-5-1-6-14-21)22-15-7-2-8-16-22)31-27(30-25)33(23-17-9-3-10-18-23)24-19-11-4-12-20-24/h1-20H. The Morgan fingerprint density at radius 2 is 0.667 bits per heavy atom. The highest BCUT2D eigenvalue weighted by Gasteiger charge is 2.21. The predicted octanol–water partition coefficient (Wildman–Crippen LogP) is 7.46. The Morgan fingerprint density at radius 3 is 0.939 bits per heavy atom. The molecule has 0 radical (unpaired) electrons. The first-order valence-corrected chi connectivity index (χ1v) is 10.9. The SMILES string of the molecule is Clc1nc(N(c2ccccc2)c2ccccc2)nc(N(c2ccccc2)c2ccccc2)n1. The van der Waals surface area contributed by atoms with Crippen LogP contribution in [0.25, 0.3) is 0 Å². The minimum Gasteiger partial charge on any atom is -0.279 e. The summed E-state index contributed by atoms with van der Waals surface area (Å²) in [6.07, 6.45) is 0. The van der Waals surface area contributed by atoms with Crippen molar-refractivity contribution >= 4 is 46.2 Å². The Morgan fingerprint density at radius 1 is 0.394 bits per heavy atom. The van der Waals surface area contributed by atoms with Crippen molar-refractivity contribution in [3.63, 3.8) is 0 Å². The summed E-state index contributed by atoms with van der Waals surface area (Å²) in [6, 6.07) is 39.8. The Kier molecular flexibility index (Phi) is 5.95. The van der Waals surface area contributed by atoms with Crippen molar-refractivity contribution in [3.05, 3.63) is 127 Å². The first-order chi connectivity index (χ1) is 16.3. The van der Waals surface area contributed by atoms with Crippen LogP contribution >= 0.6 is 11.6 Å². The summed E-state index contributed by atoms with van der Waals surface area (Å²) in [5.41, 5.74) is 3.68. The molecule has 1 heterocycles. The molecule has 5 rings (SSSR count). The molecule has 4 aromatic carbocycles. The molecule has 0 aliphatic heterocycles. The van der Waals surface area contributed by atoms with Crippen LogP contribution in [-0.2, 0) is 0 Å². The van der Waals surface area contributed by atoms with Crippen LogP contribution in [0.3, 0.4) is 0 Å². The Hall–Kier alpha value is -4.22. The number of hydrogen-bond acceptors (Lipinski definition) is 5. The Bertz CT molecular complexity index is 1140. The second kappa shape index (κ2) is 9.51. The van der Waals surface area contributed by atoms with Crippen LogP contribution in [0.4, 0.5) is 34.6 Å². The van der Waals surface area contributed by atoms with E-state index < -0.39 is 0 Å². The van der Waals surface area contributed by atoms with Gasteiger partial charge in [-0.25, -0.2) is 0 Å². The molecule has 0 atom stereocenters. The number of rotatable bonds is 6. The van der Waals surface area contributed by atoms with Gasteiger partial charge in [0.25, 0.3) is 0 Å². The van der Waals surface area contributed by atoms with Crippen LogP contribution in [-0.4, -0.2) is 15.0 Å². The van der Waals surface area contributed by atoms with E-state index >= 15 is 0 Å². The monoisotopic (exact) mass is 449 g/mol. The molecule has 0 saturated heterocycles. The molecule has 0 amide bonds. The number of halogens is 1. The van der Waals surface area contributed by atoms with E-state index in [0.29, 0.717) is 11.9 Å². The third-order valence-electron chi connectivity index (χ3n) is 5.04. The molecule has 0 unspecified atom stereocenters. The maximum Gasteiger partial charge on any atom is 0.240 e. The number of benzene rings is 4. The van der Waals surface area contributed by atoms with Gasteiger partial charge in [-0.1, -0.05) is 72.8 Å². The number of aromatic nitrogens is 3. The smallest absolute Gasteiger partial charge is 0.240 e. The van der Waals surface area contributed by atoms with Crippen LogP contribution in [0.2, 0.25) is 5.28 Å². The fourth-order valence-corrected chi connectivity index (χ4v) is 3.75. The molecular weight excluding hydrogens is 430 g/mol. The van der Waals surface area contributed by atoms with E-state index in [-0.39, 0.29) is 5.28 Å².